The molecule has 0 unspecified atom stereocenters. The molecule has 0 saturated carbocycles. The summed E-state index contributed by atoms with van der Waals surface area (Å²) in [5, 5.41) is 24.4. The van der Waals surface area contributed by atoms with E-state index in [1.165, 1.54) is 43.7 Å². The molecule has 24 heavy (non-hydrogen) atoms. The van der Waals surface area contributed by atoms with Gasteiger partial charge in [0, 0.05) is 6.07 Å². The highest BCUT2D eigenvalue weighted by molar-refractivity contribution is 9.10. The number of nitro groups is 1. The molecule has 1 amide bonds. The van der Waals surface area contributed by atoms with Gasteiger partial charge in [-0.15, -0.1) is 0 Å². The van der Waals surface area contributed by atoms with E-state index in [1.807, 2.05) is 0 Å². The van der Waals surface area contributed by atoms with Crippen molar-refractivity contribution in [1.82, 2.24) is 5.43 Å². The maximum absolute atomic E-state index is 12.0. The Morgan fingerprint density at radius 1 is 1.42 bits per heavy atom. The van der Waals surface area contributed by atoms with E-state index in [4.69, 9.17) is 4.74 Å². The number of hydrogen-bond acceptors (Lipinski definition) is 6. The van der Waals surface area contributed by atoms with E-state index in [0.29, 0.717) is 10.0 Å². The highest BCUT2D eigenvalue weighted by Crippen LogP contribution is 2.34. The monoisotopic (exact) mass is 393 g/mol. The van der Waals surface area contributed by atoms with Crippen LogP contribution in [-0.2, 0) is 0 Å². The summed E-state index contributed by atoms with van der Waals surface area (Å²) in [7, 11) is 1.40. The number of hydrogen-bond donors (Lipinski definition) is 2. The number of aromatic hydroxyl groups is 1. The molecule has 124 valence electrons. The molecule has 2 aromatic rings. The SMILES string of the molecule is COc1cc(/C=N\NC(=O)c2ccccc2[N+](=O)[O-])cc(Br)c1O. The van der Waals surface area contributed by atoms with Crippen LogP contribution < -0.4 is 10.2 Å². The van der Waals surface area contributed by atoms with Gasteiger partial charge in [0.15, 0.2) is 11.5 Å². The minimum absolute atomic E-state index is 0.0569. The average molecular weight is 394 g/mol. The lowest BCUT2D eigenvalue weighted by Gasteiger charge is -2.06. The number of phenolic OH excluding ortho intramolecular Hbond substituents is 1. The zero-order chi connectivity index (χ0) is 17.7. The Bertz CT molecular complexity index is 823. The van der Waals surface area contributed by atoms with Crippen molar-refractivity contribution in [1.29, 1.82) is 0 Å². The van der Waals surface area contributed by atoms with E-state index in [-0.39, 0.29) is 22.7 Å². The first kappa shape index (κ1) is 17.4. The third kappa shape index (κ3) is 3.87. The Labute approximate surface area is 145 Å². The van der Waals surface area contributed by atoms with Crippen LogP contribution in [0.3, 0.4) is 0 Å². The lowest BCUT2D eigenvalue weighted by molar-refractivity contribution is -0.385. The quantitative estimate of drug-likeness (QED) is 0.460. The maximum atomic E-state index is 12.0. The molecule has 2 rings (SSSR count). The molecule has 9 heteroatoms. The van der Waals surface area contributed by atoms with Crippen molar-refractivity contribution in [3.63, 3.8) is 0 Å². The normalized spacial score (nSPS) is 10.6. The van der Waals surface area contributed by atoms with Crippen molar-refractivity contribution in [2.24, 2.45) is 5.10 Å². The van der Waals surface area contributed by atoms with Gasteiger partial charge in [0.25, 0.3) is 11.6 Å². The van der Waals surface area contributed by atoms with Gasteiger partial charge in [-0.1, -0.05) is 12.1 Å². The number of phenols is 1. The zero-order valence-electron chi connectivity index (χ0n) is 12.4. The van der Waals surface area contributed by atoms with Gasteiger partial charge < -0.3 is 9.84 Å². The van der Waals surface area contributed by atoms with Crippen molar-refractivity contribution in [3.05, 3.63) is 62.1 Å². The molecule has 0 saturated heterocycles. The summed E-state index contributed by atoms with van der Waals surface area (Å²) in [5.41, 5.74) is 2.36. The third-order valence-electron chi connectivity index (χ3n) is 3.00. The Balaban J connectivity index is 2.17. The van der Waals surface area contributed by atoms with Gasteiger partial charge in [0.2, 0.25) is 0 Å². The molecule has 2 N–H and O–H groups in total. The summed E-state index contributed by atoms with van der Waals surface area (Å²) in [6.07, 6.45) is 1.32. The smallest absolute Gasteiger partial charge is 0.282 e. The molecule has 0 aliphatic rings. The topological polar surface area (TPSA) is 114 Å². The van der Waals surface area contributed by atoms with Crippen LogP contribution in [0.25, 0.3) is 0 Å². The largest absolute Gasteiger partial charge is 0.503 e. The molecule has 0 radical (unpaired) electrons. The predicted molar refractivity (Wildman–Crippen MR) is 90.5 cm³/mol. The molecule has 8 nitrogen and oxygen atoms in total. The third-order valence-corrected chi connectivity index (χ3v) is 3.60. The van der Waals surface area contributed by atoms with E-state index in [9.17, 15) is 20.0 Å². The fourth-order valence-electron chi connectivity index (χ4n) is 1.87. The molecule has 0 bridgehead atoms. The first-order chi connectivity index (χ1) is 11.4. The highest BCUT2D eigenvalue weighted by Gasteiger charge is 2.18. The second-order valence-corrected chi connectivity index (χ2v) is 5.38. The van der Waals surface area contributed by atoms with Crippen LogP contribution in [0, 0.1) is 10.1 Å². The summed E-state index contributed by atoms with van der Waals surface area (Å²) in [5.74, 6) is -0.530. The van der Waals surface area contributed by atoms with Gasteiger partial charge in [-0.05, 0) is 39.7 Å². The molecule has 0 aliphatic heterocycles. The Hall–Kier alpha value is -2.94. The maximum Gasteiger partial charge on any atom is 0.282 e. The van der Waals surface area contributed by atoms with Gasteiger partial charge in [-0.2, -0.15) is 5.10 Å². The van der Waals surface area contributed by atoms with Crippen LogP contribution in [0.5, 0.6) is 11.5 Å². The molecule has 2 aromatic carbocycles. The van der Waals surface area contributed by atoms with Crippen LogP contribution in [-0.4, -0.2) is 29.3 Å². The van der Waals surface area contributed by atoms with Gasteiger partial charge >= 0.3 is 0 Å². The fraction of sp³-hybridized carbons (Fsp3) is 0.0667. The summed E-state index contributed by atoms with van der Waals surface area (Å²) in [4.78, 5) is 22.3. The van der Waals surface area contributed by atoms with Crippen LogP contribution in [0.1, 0.15) is 15.9 Å². The minimum Gasteiger partial charge on any atom is -0.503 e. The van der Waals surface area contributed by atoms with Crippen molar-refractivity contribution >= 4 is 33.7 Å². The number of para-hydroxylation sites is 1. The number of carbonyl (C=O) groups excluding carboxylic acids is 1. The van der Waals surface area contributed by atoms with E-state index in [1.54, 1.807) is 6.07 Å². The van der Waals surface area contributed by atoms with Crippen molar-refractivity contribution in [2.75, 3.05) is 7.11 Å². The molecule has 0 aliphatic carbocycles. The van der Waals surface area contributed by atoms with Crippen LogP contribution in [0.4, 0.5) is 5.69 Å². The lowest BCUT2D eigenvalue weighted by atomic mass is 10.2. The lowest BCUT2D eigenvalue weighted by Crippen LogP contribution is -2.18. The first-order valence-corrected chi connectivity index (χ1v) is 7.36. The number of nitro benzene ring substituents is 1. The molecule has 0 spiro atoms. The molecule has 0 fully saturated rings. The minimum atomic E-state index is -0.705. The number of ether oxygens (including phenoxy) is 1. The van der Waals surface area contributed by atoms with E-state index in [0.717, 1.165) is 0 Å². The molecule has 0 aromatic heterocycles. The summed E-state index contributed by atoms with van der Waals surface area (Å²) < 4.78 is 5.40. The first-order valence-electron chi connectivity index (χ1n) is 6.57. The molecule has 0 heterocycles. The number of hydrazone groups is 1. The molecule has 0 atom stereocenters. The summed E-state index contributed by atoms with van der Waals surface area (Å²) in [6.45, 7) is 0. The Kier molecular flexibility index (Phi) is 5.48. The highest BCUT2D eigenvalue weighted by atomic mass is 79.9. The van der Waals surface area contributed by atoms with Crippen LogP contribution in [0.15, 0.2) is 46.0 Å². The van der Waals surface area contributed by atoms with Crippen LogP contribution in [0.2, 0.25) is 0 Å². The van der Waals surface area contributed by atoms with E-state index >= 15 is 0 Å². The number of rotatable bonds is 5. The number of halogens is 1. The number of benzene rings is 2. The summed E-state index contributed by atoms with van der Waals surface area (Å²) in [6, 6.07) is 8.65. The molecular weight excluding hydrogens is 382 g/mol. The number of carbonyl (C=O) groups is 1. The second kappa shape index (κ2) is 7.55. The van der Waals surface area contributed by atoms with Crippen molar-refractivity contribution in [2.45, 2.75) is 0 Å². The number of amides is 1. The van der Waals surface area contributed by atoms with Gasteiger partial charge in [-0.3, -0.25) is 14.9 Å². The van der Waals surface area contributed by atoms with E-state index in [2.05, 4.69) is 26.5 Å². The summed E-state index contributed by atoms with van der Waals surface area (Å²) >= 11 is 3.17. The second-order valence-electron chi connectivity index (χ2n) is 4.53. The van der Waals surface area contributed by atoms with Crippen molar-refractivity contribution < 1.29 is 19.6 Å². The predicted octanol–water partition coefficient (Wildman–Crippen LogP) is 2.84. The van der Waals surface area contributed by atoms with E-state index < -0.39 is 10.8 Å². The number of methoxy groups -OCH3 is 1. The Morgan fingerprint density at radius 3 is 2.79 bits per heavy atom. The fourth-order valence-corrected chi connectivity index (χ4v) is 2.33. The van der Waals surface area contributed by atoms with Gasteiger partial charge in [0.05, 0.1) is 22.7 Å². The van der Waals surface area contributed by atoms with Crippen LogP contribution >= 0.6 is 15.9 Å². The average Bonchev–Trinajstić information content (AvgIpc) is 2.57. The zero-order valence-corrected chi connectivity index (χ0v) is 14.0. The number of nitrogens with zero attached hydrogens (tertiary/aromatic N) is 2. The van der Waals surface area contributed by atoms with Gasteiger partial charge in [-0.25, -0.2) is 5.43 Å². The van der Waals surface area contributed by atoms with Crippen molar-refractivity contribution in [3.8, 4) is 11.5 Å². The standard InChI is InChI=1S/C15H12BrN3O5/c1-24-13-7-9(6-11(16)14(13)20)8-17-18-15(21)10-4-2-3-5-12(10)19(22)23/h2-8,20H,1H3,(H,18,21)/b17-8-. The number of nitrogens with one attached hydrogen (secondary N) is 1. The molecular formula is C15H12BrN3O5. The Morgan fingerprint density at radius 2 is 2.12 bits per heavy atom. The van der Waals surface area contributed by atoms with Gasteiger partial charge in [0.1, 0.15) is 5.56 Å².